The fourth-order valence-corrected chi connectivity index (χ4v) is 2.71. The molecule has 0 aliphatic rings. The van der Waals surface area contributed by atoms with E-state index in [4.69, 9.17) is 11.6 Å². The maximum Gasteiger partial charge on any atom is 0.138 e. The fourth-order valence-electron chi connectivity index (χ4n) is 1.72. The molecule has 0 aromatic carbocycles. The maximum atomic E-state index is 6.13. The molecule has 96 valence electrons. The zero-order chi connectivity index (χ0) is 13.1. The summed E-state index contributed by atoms with van der Waals surface area (Å²) in [5.41, 5.74) is 0.947. The smallest absolute Gasteiger partial charge is 0.138 e. The van der Waals surface area contributed by atoms with Crippen molar-refractivity contribution in [3.63, 3.8) is 0 Å². The summed E-state index contributed by atoms with van der Waals surface area (Å²) >= 11 is 7.75. The van der Waals surface area contributed by atoms with Crippen molar-refractivity contribution in [3.8, 4) is 0 Å². The highest BCUT2D eigenvalue weighted by Crippen LogP contribution is 2.30. The molecule has 1 unspecified atom stereocenters. The van der Waals surface area contributed by atoms with E-state index < -0.39 is 0 Å². The van der Waals surface area contributed by atoms with E-state index in [1.807, 2.05) is 5.38 Å². The third-order valence-electron chi connectivity index (χ3n) is 2.59. The van der Waals surface area contributed by atoms with E-state index in [0.29, 0.717) is 5.15 Å². The summed E-state index contributed by atoms with van der Waals surface area (Å²) in [6.45, 7) is 6.20. The van der Waals surface area contributed by atoms with E-state index in [1.54, 1.807) is 17.5 Å². The Morgan fingerprint density at radius 3 is 2.61 bits per heavy atom. The Morgan fingerprint density at radius 1 is 1.22 bits per heavy atom. The van der Waals surface area contributed by atoms with Crippen LogP contribution < -0.4 is 5.32 Å². The standard InChI is InChI=1S/C12H15ClN4S/c1-7(2)9-10(13)15-6-16-11(9)17-8(3)12-14-4-5-18-12/h4-8H,1-3H3,(H,15,16,17). The quantitative estimate of drug-likeness (QED) is 0.865. The molecule has 2 aromatic heterocycles. The molecular formula is C12H15ClN4S. The van der Waals surface area contributed by atoms with Gasteiger partial charge in [0.25, 0.3) is 0 Å². The van der Waals surface area contributed by atoms with Gasteiger partial charge in [0.1, 0.15) is 22.3 Å². The Balaban J connectivity index is 2.26. The molecule has 6 heteroatoms. The van der Waals surface area contributed by atoms with E-state index >= 15 is 0 Å². The summed E-state index contributed by atoms with van der Waals surface area (Å²) < 4.78 is 0. The lowest BCUT2D eigenvalue weighted by Crippen LogP contribution is -2.11. The molecule has 1 N–H and O–H groups in total. The predicted octanol–water partition coefficient (Wildman–Crippen LogP) is 3.88. The molecule has 2 heterocycles. The molecule has 0 saturated heterocycles. The average molecular weight is 283 g/mol. The molecule has 0 aliphatic carbocycles. The van der Waals surface area contributed by atoms with Crippen molar-refractivity contribution < 1.29 is 0 Å². The van der Waals surface area contributed by atoms with E-state index in [9.17, 15) is 0 Å². The number of nitrogens with one attached hydrogen (secondary N) is 1. The van der Waals surface area contributed by atoms with E-state index in [2.05, 4.69) is 41.0 Å². The van der Waals surface area contributed by atoms with Crippen molar-refractivity contribution >= 4 is 28.8 Å². The number of anilines is 1. The van der Waals surface area contributed by atoms with Crippen LogP contribution in [0.15, 0.2) is 17.9 Å². The number of hydrogen-bond acceptors (Lipinski definition) is 5. The summed E-state index contributed by atoms with van der Waals surface area (Å²) in [6.07, 6.45) is 3.28. The summed E-state index contributed by atoms with van der Waals surface area (Å²) in [6, 6.07) is 0.105. The number of rotatable bonds is 4. The van der Waals surface area contributed by atoms with E-state index in [1.165, 1.54) is 6.33 Å². The SMILES string of the molecule is CC(C)c1c(Cl)ncnc1NC(C)c1nccs1. The molecule has 0 spiro atoms. The first-order valence-corrected chi connectivity index (χ1v) is 7.01. The van der Waals surface area contributed by atoms with Crippen LogP contribution in [0.5, 0.6) is 0 Å². The fraction of sp³-hybridized carbons (Fsp3) is 0.417. The summed E-state index contributed by atoms with van der Waals surface area (Å²) in [7, 11) is 0. The van der Waals surface area contributed by atoms with Gasteiger partial charge < -0.3 is 5.32 Å². The van der Waals surface area contributed by atoms with Gasteiger partial charge in [-0.15, -0.1) is 11.3 Å². The Morgan fingerprint density at radius 2 is 2.00 bits per heavy atom. The molecule has 18 heavy (non-hydrogen) atoms. The minimum atomic E-state index is 0.105. The first-order chi connectivity index (χ1) is 8.59. The van der Waals surface area contributed by atoms with Gasteiger partial charge in [-0.05, 0) is 12.8 Å². The third kappa shape index (κ3) is 2.79. The molecule has 2 aromatic rings. The van der Waals surface area contributed by atoms with Gasteiger partial charge in [-0.25, -0.2) is 15.0 Å². The number of nitrogens with zero attached hydrogens (tertiary/aromatic N) is 3. The minimum Gasteiger partial charge on any atom is -0.361 e. The molecule has 0 radical (unpaired) electrons. The van der Waals surface area contributed by atoms with Crippen LogP contribution >= 0.6 is 22.9 Å². The second-order valence-electron chi connectivity index (χ2n) is 4.32. The molecule has 0 fully saturated rings. The normalized spacial score (nSPS) is 12.7. The molecule has 4 nitrogen and oxygen atoms in total. The van der Waals surface area contributed by atoms with Crippen LogP contribution in [-0.2, 0) is 0 Å². The van der Waals surface area contributed by atoms with Crippen LogP contribution in [0.1, 0.15) is 43.3 Å². The number of hydrogen-bond donors (Lipinski definition) is 1. The largest absolute Gasteiger partial charge is 0.361 e. The van der Waals surface area contributed by atoms with Crippen molar-refractivity contribution in [2.45, 2.75) is 32.7 Å². The lowest BCUT2D eigenvalue weighted by atomic mass is 10.1. The maximum absolute atomic E-state index is 6.13. The average Bonchev–Trinajstić information content (AvgIpc) is 2.81. The highest BCUT2D eigenvalue weighted by Gasteiger charge is 2.16. The molecule has 0 bridgehead atoms. The second-order valence-corrected chi connectivity index (χ2v) is 5.60. The highest BCUT2D eigenvalue weighted by molar-refractivity contribution is 7.09. The highest BCUT2D eigenvalue weighted by atomic mass is 35.5. The number of thiazole rings is 1. The zero-order valence-corrected chi connectivity index (χ0v) is 12.1. The van der Waals surface area contributed by atoms with Gasteiger partial charge in [-0.2, -0.15) is 0 Å². The lowest BCUT2D eigenvalue weighted by Gasteiger charge is -2.17. The van der Waals surface area contributed by atoms with E-state index in [-0.39, 0.29) is 12.0 Å². The molecule has 0 saturated carbocycles. The van der Waals surface area contributed by atoms with Gasteiger partial charge in [-0.3, -0.25) is 0 Å². The Bertz CT molecular complexity index is 513. The van der Waals surface area contributed by atoms with Crippen molar-refractivity contribution in [3.05, 3.63) is 33.6 Å². The van der Waals surface area contributed by atoms with Gasteiger partial charge in [0.05, 0.1) is 6.04 Å². The van der Waals surface area contributed by atoms with Gasteiger partial charge in [-0.1, -0.05) is 25.4 Å². The first kappa shape index (κ1) is 13.2. The topological polar surface area (TPSA) is 50.7 Å². The van der Waals surface area contributed by atoms with Gasteiger partial charge in [0, 0.05) is 17.1 Å². The van der Waals surface area contributed by atoms with Crippen LogP contribution in [0.3, 0.4) is 0 Å². The van der Waals surface area contributed by atoms with Crippen molar-refractivity contribution in [2.75, 3.05) is 5.32 Å². The first-order valence-electron chi connectivity index (χ1n) is 5.76. The monoisotopic (exact) mass is 282 g/mol. The molecule has 2 rings (SSSR count). The van der Waals surface area contributed by atoms with Gasteiger partial charge in [0.15, 0.2) is 0 Å². The molecular weight excluding hydrogens is 268 g/mol. The van der Waals surface area contributed by atoms with Crippen molar-refractivity contribution in [2.24, 2.45) is 0 Å². The number of aromatic nitrogens is 3. The van der Waals surface area contributed by atoms with Crippen LogP contribution in [-0.4, -0.2) is 15.0 Å². The lowest BCUT2D eigenvalue weighted by molar-refractivity contribution is 0.814. The summed E-state index contributed by atoms with van der Waals surface area (Å²) in [4.78, 5) is 12.6. The molecule has 0 aliphatic heterocycles. The van der Waals surface area contributed by atoms with Crippen LogP contribution in [0, 0.1) is 0 Å². The van der Waals surface area contributed by atoms with Crippen molar-refractivity contribution in [1.29, 1.82) is 0 Å². The Hall–Kier alpha value is -1.20. The van der Waals surface area contributed by atoms with Crippen molar-refractivity contribution in [1.82, 2.24) is 15.0 Å². The second kappa shape index (κ2) is 5.63. The summed E-state index contributed by atoms with van der Waals surface area (Å²) in [5.74, 6) is 1.05. The Kier molecular flexibility index (Phi) is 4.14. The van der Waals surface area contributed by atoms with Crippen LogP contribution in [0.2, 0.25) is 5.15 Å². The number of halogens is 1. The van der Waals surface area contributed by atoms with Crippen LogP contribution in [0.4, 0.5) is 5.82 Å². The predicted molar refractivity (Wildman–Crippen MR) is 75.3 cm³/mol. The third-order valence-corrected chi connectivity index (χ3v) is 3.85. The van der Waals surface area contributed by atoms with E-state index in [0.717, 1.165) is 16.4 Å². The molecule has 0 amide bonds. The Labute approximate surface area is 115 Å². The minimum absolute atomic E-state index is 0.105. The summed E-state index contributed by atoms with van der Waals surface area (Å²) in [5, 5.41) is 6.84. The molecule has 1 atom stereocenters. The van der Waals surface area contributed by atoms with Gasteiger partial charge >= 0.3 is 0 Å². The van der Waals surface area contributed by atoms with Gasteiger partial charge in [0.2, 0.25) is 0 Å². The zero-order valence-electron chi connectivity index (χ0n) is 10.5. The van der Waals surface area contributed by atoms with Crippen LogP contribution in [0.25, 0.3) is 0 Å².